The van der Waals surface area contributed by atoms with Crippen LogP contribution in [0, 0.1) is 0 Å². The zero-order valence-electron chi connectivity index (χ0n) is 10.7. The number of carbonyl (C=O) groups is 1. The van der Waals surface area contributed by atoms with Gasteiger partial charge >= 0.3 is 12.3 Å². The molecule has 0 fully saturated rings. The van der Waals surface area contributed by atoms with E-state index in [2.05, 4.69) is 25.4 Å². The Hall–Kier alpha value is -1.32. The molecular weight excluding hydrogens is 361 g/mol. The lowest BCUT2D eigenvalue weighted by atomic mass is 10.0. The molecule has 2 N–H and O–H groups in total. The molecule has 2 atom stereocenters. The number of alkyl halides is 3. The summed E-state index contributed by atoms with van der Waals surface area (Å²) >= 11 is 2.95. The highest BCUT2D eigenvalue weighted by Gasteiger charge is 2.32. The first-order valence-corrected chi connectivity index (χ1v) is 6.52. The van der Waals surface area contributed by atoms with E-state index in [0.717, 1.165) is 12.1 Å². The van der Waals surface area contributed by atoms with Crippen molar-refractivity contribution in [1.82, 2.24) is 0 Å². The number of rotatable bonds is 5. The largest absolute Gasteiger partial charge is 0.573 e. The van der Waals surface area contributed by atoms with Crippen LogP contribution in [0.15, 0.2) is 22.7 Å². The minimum absolute atomic E-state index is 0.0104. The third kappa shape index (κ3) is 5.52. The fraction of sp³-hybridized carbons (Fsp3) is 0.417. The van der Waals surface area contributed by atoms with Gasteiger partial charge in [0.2, 0.25) is 0 Å². The van der Waals surface area contributed by atoms with Crippen molar-refractivity contribution < 1.29 is 37.7 Å². The summed E-state index contributed by atoms with van der Waals surface area (Å²) in [6, 6.07) is 3.14. The number of carbonyl (C=O) groups excluding carboxylic acids is 1. The molecule has 0 saturated heterocycles. The van der Waals surface area contributed by atoms with Gasteiger partial charge in [0.1, 0.15) is 11.9 Å². The molecule has 0 bridgehead atoms. The molecule has 0 aliphatic heterocycles. The van der Waals surface area contributed by atoms with Crippen LogP contribution in [0.2, 0.25) is 0 Å². The van der Waals surface area contributed by atoms with Crippen molar-refractivity contribution in [2.45, 2.75) is 25.5 Å². The van der Waals surface area contributed by atoms with Crippen molar-refractivity contribution in [1.29, 1.82) is 0 Å². The van der Waals surface area contributed by atoms with E-state index in [1.807, 2.05) is 0 Å². The predicted octanol–water partition coefficient (Wildman–Crippen LogP) is 2.31. The van der Waals surface area contributed by atoms with Crippen LogP contribution in [0.1, 0.15) is 18.6 Å². The monoisotopic (exact) mass is 372 g/mol. The van der Waals surface area contributed by atoms with Crippen molar-refractivity contribution in [3.05, 3.63) is 28.2 Å². The standard InChI is InChI=1S/C12H12BrF3O5/c1-2-20-11(19)10(18)9(17)6-3-7(13)5-8(4-6)21-12(14,15)16/h3-5,9-10,17-18H,2H2,1H3. The van der Waals surface area contributed by atoms with Crippen molar-refractivity contribution in [3.63, 3.8) is 0 Å². The maximum absolute atomic E-state index is 12.2. The lowest BCUT2D eigenvalue weighted by Crippen LogP contribution is -2.30. The summed E-state index contributed by atoms with van der Waals surface area (Å²) in [5.41, 5.74) is -0.135. The lowest BCUT2D eigenvalue weighted by Gasteiger charge is -2.18. The zero-order chi connectivity index (χ0) is 16.2. The molecule has 0 radical (unpaired) electrons. The van der Waals surface area contributed by atoms with Crippen LogP contribution >= 0.6 is 15.9 Å². The summed E-state index contributed by atoms with van der Waals surface area (Å²) in [4.78, 5) is 11.3. The lowest BCUT2D eigenvalue weighted by molar-refractivity contribution is -0.274. The normalized spacial score (nSPS) is 14.4. The van der Waals surface area contributed by atoms with Crippen LogP contribution < -0.4 is 4.74 Å². The molecule has 2 unspecified atom stereocenters. The molecule has 1 aromatic rings. The van der Waals surface area contributed by atoms with E-state index in [4.69, 9.17) is 0 Å². The smallest absolute Gasteiger partial charge is 0.464 e. The Morgan fingerprint density at radius 3 is 2.48 bits per heavy atom. The molecule has 0 aliphatic carbocycles. The maximum Gasteiger partial charge on any atom is 0.573 e. The Kier molecular flexibility index (Phi) is 5.99. The van der Waals surface area contributed by atoms with Gasteiger partial charge in [0, 0.05) is 4.47 Å². The topological polar surface area (TPSA) is 76.0 Å². The Bertz CT molecular complexity index is 506. The Labute approximate surface area is 126 Å². The van der Waals surface area contributed by atoms with Gasteiger partial charge in [-0.1, -0.05) is 15.9 Å². The van der Waals surface area contributed by atoms with E-state index in [-0.39, 0.29) is 16.6 Å². The summed E-state index contributed by atoms with van der Waals surface area (Å²) in [6.07, 6.45) is -8.57. The van der Waals surface area contributed by atoms with Gasteiger partial charge in [0.25, 0.3) is 0 Å². The van der Waals surface area contributed by atoms with E-state index >= 15 is 0 Å². The van der Waals surface area contributed by atoms with E-state index in [9.17, 15) is 28.2 Å². The Morgan fingerprint density at radius 1 is 1.33 bits per heavy atom. The number of hydrogen-bond acceptors (Lipinski definition) is 5. The van der Waals surface area contributed by atoms with Gasteiger partial charge in [-0.25, -0.2) is 4.79 Å². The number of aliphatic hydroxyl groups excluding tert-OH is 2. The summed E-state index contributed by atoms with van der Waals surface area (Å²) in [5, 5.41) is 19.4. The molecule has 0 heterocycles. The highest BCUT2D eigenvalue weighted by Crippen LogP contribution is 2.30. The van der Waals surface area contributed by atoms with E-state index in [0.29, 0.717) is 0 Å². The van der Waals surface area contributed by atoms with Gasteiger partial charge in [-0.05, 0) is 30.7 Å². The van der Waals surface area contributed by atoms with Crippen molar-refractivity contribution in [2.75, 3.05) is 6.61 Å². The summed E-state index contributed by atoms with van der Waals surface area (Å²) in [6.45, 7) is 1.49. The summed E-state index contributed by atoms with van der Waals surface area (Å²) in [5.74, 6) is -1.68. The molecule has 0 saturated carbocycles. The van der Waals surface area contributed by atoms with Gasteiger partial charge in [0.05, 0.1) is 6.61 Å². The molecule has 0 spiro atoms. The molecule has 118 valence electrons. The minimum Gasteiger partial charge on any atom is -0.464 e. The number of benzene rings is 1. The van der Waals surface area contributed by atoms with Gasteiger partial charge in [-0.2, -0.15) is 0 Å². The highest BCUT2D eigenvalue weighted by atomic mass is 79.9. The van der Waals surface area contributed by atoms with Crippen LogP contribution in [0.5, 0.6) is 5.75 Å². The molecule has 0 aliphatic rings. The van der Waals surface area contributed by atoms with Crippen LogP contribution in [-0.2, 0) is 9.53 Å². The van der Waals surface area contributed by atoms with Gasteiger partial charge in [0.15, 0.2) is 6.10 Å². The Balaban J connectivity index is 2.99. The molecule has 9 heteroatoms. The van der Waals surface area contributed by atoms with Crippen molar-refractivity contribution in [2.24, 2.45) is 0 Å². The van der Waals surface area contributed by atoms with Gasteiger partial charge < -0.3 is 19.7 Å². The molecule has 0 aromatic heterocycles. The average Bonchev–Trinajstić information content (AvgIpc) is 2.34. The zero-order valence-corrected chi connectivity index (χ0v) is 12.3. The molecule has 1 rings (SSSR count). The Morgan fingerprint density at radius 2 is 1.95 bits per heavy atom. The first-order chi connectivity index (χ1) is 9.64. The number of esters is 1. The second-order valence-corrected chi connectivity index (χ2v) is 4.83. The second-order valence-electron chi connectivity index (χ2n) is 3.91. The summed E-state index contributed by atoms with van der Waals surface area (Å²) in [7, 11) is 0. The maximum atomic E-state index is 12.2. The average molecular weight is 373 g/mol. The van der Waals surface area contributed by atoms with Crippen LogP contribution in [-0.4, -0.2) is 35.3 Å². The van der Waals surface area contributed by atoms with Gasteiger partial charge in [-0.3, -0.25) is 0 Å². The highest BCUT2D eigenvalue weighted by molar-refractivity contribution is 9.10. The fourth-order valence-electron chi connectivity index (χ4n) is 1.49. The molecule has 5 nitrogen and oxygen atoms in total. The van der Waals surface area contributed by atoms with Crippen molar-refractivity contribution in [3.8, 4) is 5.75 Å². The molecule has 21 heavy (non-hydrogen) atoms. The third-order valence-corrected chi connectivity index (χ3v) is 2.75. The first kappa shape index (κ1) is 17.7. The number of halogens is 4. The van der Waals surface area contributed by atoms with Crippen LogP contribution in [0.3, 0.4) is 0 Å². The van der Waals surface area contributed by atoms with Crippen molar-refractivity contribution >= 4 is 21.9 Å². The minimum atomic E-state index is -4.90. The van der Waals surface area contributed by atoms with Crippen LogP contribution in [0.4, 0.5) is 13.2 Å². The quantitative estimate of drug-likeness (QED) is 0.775. The summed E-state index contributed by atoms with van der Waals surface area (Å²) < 4.78 is 44.9. The fourth-order valence-corrected chi connectivity index (χ4v) is 1.98. The van der Waals surface area contributed by atoms with E-state index in [1.165, 1.54) is 13.0 Å². The second kappa shape index (κ2) is 7.10. The van der Waals surface area contributed by atoms with Gasteiger partial charge in [-0.15, -0.1) is 13.2 Å². The molecular formula is C12H12BrF3O5. The first-order valence-electron chi connectivity index (χ1n) is 5.73. The SMILES string of the molecule is CCOC(=O)C(O)C(O)c1cc(Br)cc(OC(F)(F)F)c1. The predicted molar refractivity (Wildman–Crippen MR) is 68.4 cm³/mol. The third-order valence-electron chi connectivity index (χ3n) is 2.30. The van der Waals surface area contributed by atoms with E-state index < -0.39 is 30.3 Å². The van der Waals surface area contributed by atoms with Crippen LogP contribution in [0.25, 0.3) is 0 Å². The number of hydrogen-bond donors (Lipinski definition) is 2. The molecule has 1 aromatic carbocycles. The molecule has 0 amide bonds. The van der Waals surface area contributed by atoms with E-state index in [1.54, 1.807) is 0 Å². The number of ether oxygens (including phenoxy) is 2. The number of aliphatic hydroxyl groups is 2.